The number of aryl methyl sites for hydroxylation is 1. The van der Waals surface area contributed by atoms with Crippen molar-refractivity contribution in [2.75, 3.05) is 18.5 Å². The molecule has 0 radical (unpaired) electrons. The second-order valence-corrected chi connectivity index (χ2v) is 9.64. The lowest BCUT2D eigenvalue weighted by atomic mass is 9.76. The van der Waals surface area contributed by atoms with E-state index < -0.39 is 47.7 Å². The van der Waals surface area contributed by atoms with Crippen molar-refractivity contribution in [1.82, 2.24) is 10.3 Å². The second kappa shape index (κ2) is 10.1. The molecule has 2 aliphatic heterocycles. The van der Waals surface area contributed by atoms with E-state index in [0.29, 0.717) is 12.5 Å². The molecule has 5 rings (SSSR count). The van der Waals surface area contributed by atoms with E-state index >= 15 is 4.39 Å². The van der Waals surface area contributed by atoms with E-state index in [2.05, 4.69) is 20.6 Å². The highest BCUT2D eigenvalue weighted by Gasteiger charge is 2.60. The van der Waals surface area contributed by atoms with E-state index in [9.17, 15) is 18.4 Å². The number of carbonyl (C=O) groups is 2. The number of benzene rings is 2. The maximum atomic E-state index is 15.4. The Bertz CT molecular complexity index is 1430. The maximum absolute atomic E-state index is 15.4. The van der Waals surface area contributed by atoms with Gasteiger partial charge in [-0.05, 0) is 48.9 Å². The van der Waals surface area contributed by atoms with Gasteiger partial charge < -0.3 is 14.8 Å². The van der Waals surface area contributed by atoms with E-state index in [4.69, 9.17) is 9.47 Å². The van der Waals surface area contributed by atoms with Crippen molar-refractivity contribution >= 4 is 23.5 Å². The van der Waals surface area contributed by atoms with Crippen LogP contribution in [0.15, 0.2) is 71.9 Å². The first-order valence-corrected chi connectivity index (χ1v) is 12.2. The number of ether oxygens (including phenoxy) is 2. The van der Waals surface area contributed by atoms with Crippen molar-refractivity contribution in [3.8, 4) is 0 Å². The number of alkyl halides is 2. The highest BCUT2D eigenvalue weighted by atomic mass is 19.3. The summed E-state index contributed by atoms with van der Waals surface area (Å²) >= 11 is 0. The van der Waals surface area contributed by atoms with Gasteiger partial charge in [-0.3, -0.25) is 19.9 Å². The summed E-state index contributed by atoms with van der Waals surface area (Å²) in [6.07, 6.45) is -0.0839. The predicted octanol–water partition coefficient (Wildman–Crippen LogP) is 4.46. The molecule has 2 aromatic carbocycles. The Hall–Kier alpha value is -4.25. The van der Waals surface area contributed by atoms with Crippen LogP contribution in [0.2, 0.25) is 0 Å². The van der Waals surface area contributed by atoms with Crippen LogP contribution >= 0.6 is 0 Å². The zero-order valence-corrected chi connectivity index (χ0v) is 21.1. The Morgan fingerprint density at radius 2 is 1.82 bits per heavy atom. The summed E-state index contributed by atoms with van der Waals surface area (Å²) in [5, 5.41) is 5.19. The third-order valence-electron chi connectivity index (χ3n) is 6.75. The van der Waals surface area contributed by atoms with Crippen LogP contribution in [0.25, 0.3) is 0 Å². The molecule has 202 valence electrons. The molecule has 2 N–H and O–H groups in total. The monoisotopic (exact) mass is 538 g/mol. The molecule has 1 saturated heterocycles. The zero-order valence-electron chi connectivity index (χ0n) is 21.1. The third-order valence-corrected chi connectivity index (χ3v) is 6.75. The third kappa shape index (κ3) is 5.22. The summed E-state index contributed by atoms with van der Waals surface area (Å²) in [6, 6.07) is 15.1. The summed E-state index contributed by atoms with van der Waals surface area (Å²) in [6.45, 7) is 1.84. The summed E-state index contributed by atoms with van der Waals surface area (Å²) in [7, 11) is 0. The predicted molar refractivity (Wildman–Crippen MR) is 136 cm³/mol. The summed E-state index contributed by atoms with van der Waals surface area (Å²) < 4.78 is 55.5. The minimum absolute atomic E-state index is 0.0799. The molecule has 3 aromatic rings. The van der Waals surface area contributed by atoms with Crippen LogP contribution in [0.4, 0.5) is 18.9 Å². The van der Waals surface area contributed by atoms with E-state index in [1.54, 1.807) is 42.5 Å². The van der Waals surface area contributed by atoms with Crippen LogP contribution in [0.5, 0.6) is 0 Å². The summed E-state index contributed by atoms with van der Waals surface area (Å²) in [5.41, 5.74) is -0.196. The maximum Gasteiger partial charge on any atom is 0.292 e. The number of nitrogens with zero attached hydrogens (tertiary/aromatic N) is 2. The standard InChI is InChI=1S/C28H25F3N4O4/c1-16-8-11-22(32-13-16)25(37)33-18-9-10-21(29)19(12-18)28-15-39-23(27(2,30)31)20(28)14-38-26(35-28)34-24(36)17-6-4-3-5-7-17/h3-13,20,23H,14-15H2,1-2H3,(H,33,37)(H,34,35,36)/t20-,23+,28-/m1/s1. The minimum atomic E-state index is -3.28. The number of amides is 2. The lowest BCUT2D eigenvalue weighted by Gasteiger charge is -2.37. The molecule has 2 aliphatic rings. The van der Waals surface area contributed by atoms with Crippen molar-refractivity contribution in [3.63, 3.8) is 0 Å². The highest BCUT2D eigenvalue weighted by Crippen LogP contribution is 2.50. The molecule has 0 aliphatic carbocycles. The van der Waals surface area contributed by atoms with Crippen molar-refractivity contribution in [2.45, 2.75) is 31.4 Å². The fourth-order valence-corrected chi connectivity index (χ4v) is 4.81. The number of amidine groups is 1. The summed E-state index contributed by atoms with van der Waals surface area (Å²) in [4.78, 5) is 34.0. The van der Waals surface area contributed by atoms with Gasteiger partial charge >= 0.3 is 0 Å². The molecule has 0 unspecified atom stereocenters. The molecule has 3 atom stereocenters. The Labute approximate surface area is 222 Å². The van der Waals surface area contributed by atoms with Crippen LogP contribution in [-0.4, -0.2) is 48.1 Å². The van der Waals surface area contributed by atoms with Crippen LogP contribution in [0.3, 0.4) is 0 Å². The SMILES string of the molecule is Cc1ccc(C(=O)Nc2ccc(F)c([C@]34CO[C@H](C(C)(F)F)[C@H]3COC(NC(=O)c3ccccc3)=N4)c2)nc1. The molecular formula is C28H25F3N4O4. The number of hydrogen-bond donors (Lipinski definition) is 2. The van der Waals surface area contributed by atoms with Gasteiger partial charge in [0.05, 0.1) is 19.1 Å². The molecule has 1 fully saturated rings. The summed E-state index contributed by atoms with van der Waals surface area (Å²) in [5.74, 6) is -6.18. The van der Waals surface area contributed by atoms with Gasteiger partial charge in [-0.15, -0.1) is 0 Å². The van der Waals surface area contributed by atoms with Gasteiger partial charge in [0.2, 0.25) is 0 Å². The molecule has 0 bridgehead atoms. The van der Waals surface area contributed by atoms with Crippen LogP contribution < -0.4 is 10.6 Å². The van der Waals surface area contributed by atoms with Crippen LogP contribution in [0, 0.1) is 18.7 Å². The van der Waals surface area contributed by atoms with Crippen molar-refractivity contribution in [2.24, 2.45) is 10.9 Å². The van der Waals surface area contributed by atoms with Crippen molar-refractivity contribution in [3.05, 3.63) is 95.1 Å². The molecule has 39 heavy (non-hydrogen) atoms. The molecule has 0 saturated carbocycles. The number of halogens is 3. The van der Waals surface area contributed by atoms with Gasteiger partial charge in [-0.1, -0.05) is 24.3 Å². The largest absolute Gasteiger partial charge is 0.464 e. The number of rotatable bonds is 5. The first-order valence-electron chi connectivity index (χ1n) is 12.2. The number of aliphatic imine (C=N–C) groups is 1. The number of aromatic nitrogens is 1. The second-order valence-electron chi connectivity index (χ2n) is 9.64. The lowest BCUT2D eigenvalue weighted by molar-refractivity contribution is -0.121. The molecule has 11 heteroatoms. The van der Waals surface area contributed by atoms with Gasteiger partial charge in [0, 0.05) is 29.9 Å². The normalized spacial score (nSPS) is 22.3. The van der Waals surface area contributed by atoms with E-state index in [-0.39, 0.29) is 29.6 Å². The fraction of sp³-hybridized carbons (Fsp3) is 0.286. The Balaban J connectivity index is 1.51. The zero-order chi connectivity index (χ0) is 27.8. The molecular weight excluding hydrogens is 513 g/mol. The fourth-order valence-electron chi connectivity index (χ4n) is 4.81. The number of fused-ring (bicyclic) bond motifs is 1. The minimum Gasteiger partial charge on any atom is -0.464 e. The molecule has 0 spiro atoms. The molecule has 8 nitrogen and oxygen atoms in total. The smallest absolute Gasteiger partial charge is 0.292 e. The van der Waals surface area contributed by atoms with Gasteiger partial charge in [0.25, 0.3) is 23.8 Å². The molecule has 1 aromatic heterocycles. The number of pyridine rings is 1. The number of hydrogen-bond acceptors (Lipinski definition) is 6. The molecule has 3 heterocycles. The number of carbonyl (C=O) groups excluding carboxylic acids is 2. The topological polar surface area (TPSA) is 102 Å². The van der Waals surface area contributed by atoms with Crippen molar-refractivity contribution in [1.29, 1.82) is 0 Å². The van der Waals surface area contributed by atoms with Crippen LogP contribution in [-0.2, 0) is 15.0 Å². The van der Waals surface area contributed by atoms with Crippen molar-refractivity contribution < 1.29 is 32.2 Å². The van der Waals surface area contributed by atoms with E-state index in [1.807, 2.05) is 6.92 Å². The van der Waals surface area contributed by atoms with Gasteiger partial charge in [-0.25, -0.2) is 18.2 Å². The first kappa shape index (κ1) is 26.4. The van der Waals surface area contributed by atoms with E-state index in [1.165, 1.54) is 18.3 Å². The Morgan fingerprint density at radius 1 is 1.05 bits per heavy atom. The molecule has 2 amide bonds. The first-order chi connectivity index (χ1) is 18.6. The lowest BCUT2D eigenvalue weighted by Crippen LogP contribution is -2.50. The number of anilines is 1. The average molecular weight is 539 g/mol. The van der Waals surface area contributed by atoms with Gasteiger partial charge in [-0.2, -0.15) is 0 Å². The van der Waals surface area contributed by atoms with Gasteiger partial charge in [0.15, 0.2) is 0 Å². The van der Waals surface area contributed by atoms with E-state index in [0.717, 1.165) is 11.6 Å². The van der Waals surface area contributed by atoms with Gasteiger partial charge in [0.1, 0.15) is 23.2 Å². The number of nitrogens with one attached hydrogen (secondary N) is 2. The quantitative estimate of drug-likeness (QED) is 0.500. The Morgan fingerprint density at radius 3 is 2.51 bits per heavy atom. The Kier molecular flexibility index (Phi) is 6.85. The van der Waals surface area contributed by atoms with Crippen LogP contribution in [0.1, 0.15) is 38.9 Å². The average Bonchev–Trinajstić information content (AvgIpc) is 3.31. The highest BCUT2D eigenvalue weighted by molar-refractivity contribution is 6.04.